The molecule has 0 saturated heterocycles. The van der Waals surface area contributed by atoms with Crippen LogP contribution in [0.2, 0.25) is 0 Å². The van der Waals surface area contributed by atoms with E-state index >= 15 is 0 Å². The summed E-state index contributed by atoms with van der Waals surface area (Å²) in [6, 6.07) is 8.17. The quantitative estimate of drug-likeness (QED) is 0.930. The van der Waals surface area contributed by atoms with E-state index in [-0.39, 0.29) is 17.6 Å². The molecule has 4 rings (SSSR count). The number of hydrogen-bond acceptors (Lipinski definition) is 3. The van der Waals surface area contributed by atoms with Crippen LogP contribution in [0.3, 0.4) is 0 Å². The van der Waals surface area contributed by atoms with Gasteiger partial charge in [0.05, 0.1) is 12.4 Å². The van der Waals surface area contributed by atoms with Crippen LogP contribution in [-0.2, 0) is 18.3 Å². The first kappa shape index (κ1) is 16.2. The van der Waals surface area contributed by atoms with Gasteiger partial charge in [0.2, 0.25) is 5.91 Å². The van der Waals surface area contributed by atoms with Crippen molar-refractivity contribution in [3.05, 3.63) is 48.0 Å². The zero-order chi connectivity index (χ0) is 17.3. The summed E-state index contributed by atoms with van der Waals surface area (Å²) in [7, 11) is 1.96. The lowest BCUT2D eigenvalue weighted by atomic mass is 9.86. The summed E-state index contributed by atoms with van der Waals surface area (Å²) in [4.78, 5) is 16.7. The molecular weight excluding hydrogens is 314 g/mol. The first-order chi connectivity index (χ1) is 12.2. The number of aromatic nitrogens is 2. The SMILES string of the molecule is Cn1cncc1CCC(=O)N[C@@H]1CC2(CCCC2)Oc2ccccc21. The standard InChI is InChI=1S/C20H25N3O2/c1-23-14-21-13-15(23)8-9-19(24)22-17-12-20(10-4-5-11-20)25-18-7-3-2-6-16(17)18/h2-3,6-7,13-14,17H,4-5,8-12H2,1H3,(H,22,24)/t17-/m1/s1. The summed E-state index contributed by atoms with van der Waals surface area (Å²) in [5, 5.41) is 3.26. The van der Waals surface area contributed by atoms with E-state index in [2.05, 4.69) is 16.4 Å². The van der Waals surface area contributed by atoms with Gasteiger partial charge in [-0.15, -0.1) is 0 Å². The zero-order valence-corrected chi connectivity index (χ0v) is 14.7. The smallest absolute Gasteiger partial charge is 0.220 e. The average Bonchev–Trinajstić information content (AvgIpc) is 3.22. The normalized spacial score (nSPS) is 20.9. The Labute approximate surface area is 148 Å². The van der Waals surface area contributed by atoms with Crippen molar-refractivity contribution in [2.45, 2.75) is 56.6 Å². The topological polar surface area (TPSA) is 56.2 Å². The van der Waals surface area contributed by atoms with Gasteiger partial charge < -0.3 is 14.6 Å². The van der Waals surface area contributed by atoms with Crippen LogP contribution < -0.4 is 10.1 Å². The number of rotatable bonds is 4. The fourth-order valence-corrected chi connectivity index (χ4v) is 4.21. The number of ether oxygens (including phenoxy) is 1. The maximum Gasteiger partial charge on any atom is 0.220 e. The van der Waals surface area contributed by atoms with Crippen LogP contribution in [0.25, 0.3) is 0 Å². The van der Waals surface area contributed by atoms with E-state index in [1.54, 1.807) is 6.33 Å². The predicted octanol–water partition coefficient (Wildman–Crippen LogP) is 3.31. The Morgan fingerprint density at radius 1 is 1.36 bits per heavy atom. The molecule has 5 heteroatoms. The largest absolute Gasteiger partial charge is 0.487 e. The number of carbonyl (C=O) groups is 1. The van der Waals surface area contributed by atoms with Crippen molar-refractivity contribution in [1.29, 1.82) is 0 Å². The van der Waals surface area contributed by atoms with Gasteiger partial charge in [0.15, 0.2) is 0 Å². The molecule has 1 amide bonds. The van der Waals surface area contributed by atoms with E-state index < -0.39 is 0 Å². The second-order valence-corrected chi connectivity index (χ2v) is 7.35. The molecule has 1 fully saturated rings. The number of benzene rings is 1. The van der Waals surface area contributed by atoms with Crippen LogP contribution in [0.5, 0.6) is 5.75 Å². The van der Waals surface area contributed by atoms with Crippen molar-refractivity contribution in [3.8, 4) is 5.75 Å². The molecule has 1 aliphatic heterocycles. The molecule has 0 bridgehead atoms. The second-order valence-electron chi connectivity index (χ2n) is 7.35. The highest BCUT2D eigenvalue weighted by Crippen LogP contribution is 2.46. The molecule has 132 valence electrons. The first-order valence-electron chi connectivity index (χ1n) is 9.18. The lowest BCUT2D eigenvalue weighted by Gasteiger charge is -2.40. The summed E-state index contributed by atoms with van der Waals surface area (Å²) in [6.45, 7) is 0. The van der Waals surface area contributed by atoms with Gasteiger partial charge in [-0.3, -0.25) is 4.79 Å². The van der Waals surface area contributed by atoms with Gasteiger partial charge >= 0.3 is 0 Å². The van der Waals surface area contributed by atoms with Gasteiger partial charge in [0.25, 0.3) is 0 Å². The number of imidazole rings is 1. The fourth-order valence-electron chi connectivity index (χ4n) is 4.21. The molecule has 2 aromatic rings. The lowest BCUT2D eigenvalue weighted by Crippen LogP contribution is -2.43. The van der Waals surface area contributed by atoms with E-state index in [1.165, 1.54) is 12.8 Å². The number of nitrogens with one attached hydrogen (secondary N) is 1. The van der Waals surface area contributed by atoms with E-state index in [1.807, 2.05) is 36.0 Å². The van der Waals surface area contributed by atoms with Crippen LogP contribution in [-0.4, -0.2) is 21.1 Å². The van der Waals surface area contributed by atoms with Crippen molar-refractivity contribution in [1.82, 2.24) is 14.9 Å². The molecule has 2 heterocycles. The highest BCUT2D eigenvalue weighted by molar-refractivity contribution is 5.77. The Morgan fingerprint density at radius 2 is 2.16 bits per heavy atom. The molecule has 0 radical (unpaired) electrons. The number of hydrogen-bond donors (Lipinski definition) is 1. The van der Waals surface area contributed by atoms with Crippen molar-refractivity contribution < 1.29 is 9.53 Å². The van der Waals surface area contributed by atoms with Crippen molar-refractivity contribution in [2.24, 2.45) is 7.05 Å². The number of amides is 1. The van der Waals surface area contributed by atoms with Crippen LogP contribution in [0, 0.1) is 0 Å². The second kappa shape index (κ2) is 6.54. The van der Waals surface area contributed by atoms with Crippen molar-refractivity contribution in [3.63, 3.8) is 0 Å². The Bertz CT molecular complexity index is 762. The summed E-state index contributed by atoms with van der Waals surface area (Å²) in [6.07, 6.45) is 10.3. The zero-order valence-electron chi connectivity index (χ0n) is 14.7. The minimum absolute atomic E-state index is 0.0436. The number of fused-ring (bicyclic) bond motifs is 1. The minimum atomic E-state index is -0.0890. The molecule has 1 saturated carbocycles. The van der Waals surface area contributed by atoms with Crippen molar-refractivity contribution >= 4 is 5.91 Å². The molecule has 1 spiro atoms. The highest BCUT2D eigenvalue weighted by atomic mass is 16.5. The van der Waals surface area contributed by atoms with Crippen LogP contribution in [0.4, 0.5) is 0 Å². The monoisotopic (exact) mass is 339 g/mol. The molecule has 1 aromatic carbocycles. The van der Waals surface area contributed by atoms with E-state index in [0.717, 1.165) is 36.3 Å². The van der Waals surface area contributed by atoms with Crippen LogP contribution in [0.15, 0.2) is 36.8 Å². The molecule has 1 aromatic heterocycles. The third kappa shape index (κ3) is 3.28. The van der Waals surface area contributed by atoms with Gasteiger partial charge in [-0.25, -0.2) is 4.98 Å². The summed E-state index contributed by atoms with van der Waals surface area (Å²) >= 11 is 0. The van der Waals surface area contributed by atoms with Crippen LogP contribution >= 0.6 is 0 Å². The summed E-state index contributed by atoms with van der Waals surface area (Å²) in [5.41, 5.74) is 2.10. The number of para-hydroxylation sites is 1. The van der Waals surface area contributed by atoms with Crippen LogP contribution in [0.1, 0.15) is 55.8 Å². The van der Waals surface area contributed by atoms with Gasteiger partial charge in [0, 0.05) is 37.3 Å². The third-order valence-electron chi connectivity index (χ3n) is 5.57. The Morgan fingerprint density at radius 3 is 2.92 bits per heavy atom. The predicted molar refractivity (Wildman–Crippen MR) is 95.3 cm³/mol. The lowest BCUT2D eigenvalue weighted by molar-refractivity contribution is -0.122. The number of nitrogens with zero attached hydrogens (tertiary/aromatic N) is 2. The Kier molecular flexibility index (Phi) is 4.24. The summed E-state index contributed by atoms with van der Waals surface area (Å²) in [5.74, 6) is 1.03. The fraction of sp³-hybridized carbons (Fsp3) is 0.500. The maximum atomic E-state index is 12.5. The van der Waals surface area contributed by atoms with Gasteiger partial charge in [0.1, 0.15) is 11.4 Å². The minimum Gasteiger partial charge on any atom is -0.487 e. The molecule has 5 nitrogen and oxygen atoms in total. The molecule has 2 aliphatic rings. The third-order valence-corrected chi connectivity index (χ3v) is 5.57. The molecule has 1 aliphatic carbocycles. The Hall–Kier alpha value is -2.30. The molecule has 1 atom stereocenters. The number of carbonyl (C=O) groups excluding carboxylic acids is 1. The molecular formula is C20H25N3O2. The van der Waals surface area contributed by atoms with E-state index in [4.69, 9.17) is 4.74 Å². The van der Waals surface area contributed by atoms with E-state index in [9.17, 15) is 4.79 Å². The average molecular weight is 339 g/mol. The van der Waals surface area contributed by atoms with Gasteiger partial charge in [-0.1, -0.05) is 18.2 Å². The van der Waals surface area contributed by atoms with Gasteiger partial charge in [-0.05, 0) is 38.2 Å². The number of aryl methyl sites for hydroxylation is 2. The molecule has 1 N–H and O–H groups in total. The highest BCUT2D eigenvalue weighted by Gasteiger charge is 2.43. The van der Waals surface area contributed by atoms with E-state index in [0.29, 0.717) is 12.8 Å². The maximum absolute atomic E-state index is 12.5. The Balaban J connectivity index is 1.46. The first-order valence-corrected chi connectivity index (χ1v) is 9.18. The van der Waals surface area contributed by atoms with Crippen molar-refractivity contribution in [2.75, 3.05) is 0 Å². The summed E-state index contributed by atoms with van der Waals surface area (Å²) < 4.78 is 8.33. The molecule has 25 heavy (non-hydrogen) atoms. The molecule has 0 unspecified atom stereocenters. The van der Waals surface area contributed by atoms with Gasteiger partial charge in [-0.2, -0.15) is 0 Å².